The molecular weight excluding hydrogens is 306 g/mol. The smallest absolute Gasteiger partial charge is 0.190 e. The first-order chi connectivity index (χ1) is 11.2. The van der Waals surface area contributed by atoms with Crippen molar-refractivity contribution in [3.63, 3.8) is 0 Å². The van der Waals surface area contributed by atoms with E-state index >= 15 is 0 Å². The molecule has 1 aliphatic heterocycles. The van der Waals surface area contributed by atoms with Crippen molar-refractivity contribution in [2.75, 3.05) is 13.7 Å². The van der Waals surface area contributed by atoms with Crippen molar-refractivity contribution >= 4 is 23.0 Å². The van der Waals surface area contributed by atoms with Crippen molar-refractivity contribution in [1.29, 1.82) is 0 Å². The van der Waals surface area contributed by atoms with Gasteiger partial charge in [0.1, 0.15) is 5.75 Å². The molecular formula is C18H25N3OS. The number of nitrogens with zero attached hydrogens (tertiary/aromatic N) is 2. The Balaban J connectivity index is 1.94. The van der Waals surface area contributed by atoms with Crippen LogP contribution in [-0.2, 0) is 0 Å². The van der Waals surface area contributed by atoms with E-state index in [1.165, 1.54) is 30.5 Å². The lowest BCUT2D eigenvalue weighted by atomic mass is 9.76. The molecule has 4 nitrogen and oxygen atoms in total. The molecule has 0 aromatic heterocycles. The first kappa shape index (κ1) is 16.2. The van der Waals surface area contributed by atoms with Crippen molar-refractivity contribution < 1.29 is 4.74 Å². The lowest BCUT2D eigenvalue weighted by Crippen LogP contribution is -2.38. The van der Waals surface area contributed by atoms with Crippen molar-refractivity contribution in [3.8, 4) is 5.75 Å². The predicted octanol–water partition coefficient (Wildman–Crippen LogP) is 3.74. The molecule has 1 aromatic carbocycles. The third-order valence-electron chi connectivity index (χ3n) is 4.90. The van der Waals surface area contributed by atoms with E-state index in [1.807, 2.05) is 17.1 Å². The predicted molar refractivity (Wildman–Crippen MR) is 97.8 cm³/mol. The Labute approximate surface area is 143 Å². The van der Waals surface area contributed by atoms with Gasteiger partial charge < -0.3 is 10.1 Å². The molecule has 2 aliphatic rings. The minimum Gasteiger partial charge on any atom is -0.497 e. The summed E-state index contributed by atoms with van der Waals surface area (Å²) in [6.45, 7) is 5.17. The first-order valence-corrected chi connectivity index (χ1v) is 8.86. The van der Waals surface area contributed by atoms with E-state index in [0.29, 0.717) is 11.8 Å². The summed E-state index contributed by atoms with van der Waals surface area (Å²) in [5.41, 5.74) is 2.57. The van der Waals surface area contributed by atoms with Crippen LogP contribution in [0.1, 0.15) is 44.7 Å². The van der Waals surface area contributed by atoms with Gasteiger partial charge in [0, 0.05) is 18.2 Å². The van der Waals surface area contributed by atoms with Crippen LogP contribution in [0.25, 0.3) is 0 Å². The number of thiocarbonyl (C=S) groups is 1. The van der Waals surface area contributed by atoms with E-state index in [9.17, 15) is 0 Å². The SMILES string of the molecule is CCNC(=S)N1N=C2C(C)CCC[C@H]2[C@@H]1c1ccc(OC)cc1. The fourth-order valence-electron chi connectivity index (χ4n) is 3.73. The van der Waals surface area contributed by atoms with Gasteiger partial charge in [0.15, 0.2) is 5.11 Å². The molecule has 1 aromatic rings. The zero-order valence-corrected chi connectivity index (χ0v) is 14.9. The first-order valence-electron chi connectivity index (χ1n) is 8.45. The van der Waals surface area contributed by atoms with E-state index < -0.39 is 0 Å². The van der Waals surface area contributed by atoms with Gasteiger partial charge in [0.2, 0.25) is 0 Å². The molecule has 124 valence electrons. The number of hydrazone groups is 1. The van der Waals surface area contributed by atoms with Crippen molar-refractivity contribution in [3.05, 3.63) is 29.8 Å². The highest BCUT2D eigenvalue weighted by atomic mass is 32.1. The van der Waals surface area contributed by atoms with E-state index in [2.05, 4.69) is 31.3 Å². The summed E-state index contributed by atoms with van der Waals surface area (Å²) < 4.78 is 5.29. The van der Waals surface area contributed by atoms with E-state index in [4.69, 9.17) is 22.1 Å². The topological polar surface area (TPSA) is 36.9 Å². The van der Waals surface area contributed by atoms with Crippen LogP contribution in [0.4, 0.5) is 0 Å². The molecule has 0 amide bonds. The molecule has 0 bridgehead atoms. The van der Waals surface area contributed by atoms with Crippen LogP contribution < -0.4 is 10.1 Å². The van der Waals surface area contributed by atoms with Crippen molar-refractivity contribution in [1.82, 2.24) is 10.3 Å². The molecule has 5 heteroatoms. The fraction of sp³-hybridized carbons (Fsp3) is 0.556. The van der Waals surface area contributed by atoms with Gasteiger partial charge in [-0.15, -0.1) is 0 Å². The van der Waals surface area contributed by atoms with Crippen molar-refractivity contribution in [2.24, 2.45) is 16.9 Å². The molecule has 3 atom stereocenters. The summed E-state index contributed by atoms with van der Waals surface area (Å²) in [7, 11) is 1.70. The van der Waals surface area contributed by atoms with Crippen LogP contribution in [0.15, 0.2) is 29.4 Å². The molecule has 1 fully saturated rings. The summed E-state index contributed by atoms with van der Waals surface area (Å²) in [6, 6.07) is 8.53. The molecule has 0 radical (unpaired) electrons. The molecule has 1 aliphatic carbocycles. The van der Waals surface area contributed by atoms with Gasteiger partial charge in [-0.3, -0.25) is 0 Å². The molecule has 1 N–H and O–H groups in total. The lowest BCUT2D eigenvalue weighted by Gasteiger charge is -2.31. The summed E-state index contributed by atoms with van der Waals surface area (Å²) in [4.78, 5) is 0. The highest BCUT2D eigenvalue weighted by Crippen LogP contribution is 2.44. The zero-order valence-electron chi connectivity index (χ0n) is 14.1. The summed E-state index contributed by atoms with van der Waals surface area (Å²) in [5.74, 6) is 1.89. The standard InChI is InChI=1S/C18H25N3OS/c1-4-19-18(23)21-17(13-8-10-14(22-3)11-9-13)15-7-5-6-12(2)16(15)20-21/h8-12,15,17H,4-7H2,1-3H3,(H,19,23)/t12?,15-,17+/m1/s1. The molecule has 23 heavy (non-hydrogen) atoms. The monoisotopic (exact) mass is 331 g/mol. The van der Waals surface area contributed by atoms with E-state index in [1.54, 1.807) is 7.11 Å². The van der Waals surface area contributed by atoms with Gasteiger partial charge in [-0.05, 0) is 55.6 Å². The number of fused-ring (bicyclic) bond motifs is 1. The molecule has 1 saturated carbocycles. The van der Waals surface area contributed by atoms with Gasteiger partial charge in [-0.1, -0.05) is 25.5 Å². The summed E-state index contributed by atoms with van der Waals surface area (Å²) in [5, 5.41) is 10.9. The Hall–Kier alpha value is -1.62. The van der Waals surface area contributed by atoms with Crippen LogP contribution in [0.3, 0.4) is 0 Å². The maximum absolute atomic E-state index is 5.58. The Morgan fingerprint density at radius 2 is 2.09 bits per heavy atom. The number of benzene rings is 1. The van der Waals surface area contributed by atoms with Gasteiger partial charge in [-0.2, -0.15) is 5.10 Å². The minimum absolute atomic E-state index is 0.199. The van der Waals surface area contributed by atoms with Crippen LogP contribution >= 0.6 is 12.2 Å². The van der Waals surface area contributed by atoms with E-state index in [0.717, 1.165) is 17.4 Å². The maximum Gasteiger partial charge on any atom is 0.190 e. The largest absolute Gasteiger partial charge is 0.497 e. The average molecular weight is 331 g/mol. The molecule has 3 rings (SSSR count). The number of rotatable bonds is 3. The number of ether oxygens (including phenoxy) is 1. The van der Waals surface area contributed by atoms with Crippen LogP contribution in [0, 0.1) is 11.8 Å². The Kier molecular flexibility index (Phi) is 4.85. The number of methoxy groups -OCH3 is 1. The number of hydrogen-bond acceptors (Lipinski definition) is 3. The molecule has 0 spiro atoms. The Bertz CT molecular complexity index is 599. The van der Waals surface area contributed by atoms with Gasteiger partial charge in [0.05, 0.1) is 13.2 Å². The zero-order chi connectivity index (χ0) is 16.4. The van der Waals surface area contributed by atoms with Gasteiger partial charge in [0.25, 0.3) is 0 Å². The third-order valence-corrected chi connectivity index (χ3v) is 5.23. The second-order valence-electron chi connectivity index (χ2n) is 6.36. The number of nitrogens with one attached hydrogen (secondary N) is 1. The van der Waals surface area contributed by atoms with Crippen LogP contribution in [-0.4, -0.2) is 29.5 Å². The maximum atomic E-state index is 5.58. The molecule has 1 heterocycles. The summed E-state index contributed by atoms with van der Waals surface area (Å²) in [6.07, 6.45) is 3.68. The Morgan fingerprint density at radius 3 is 2.74 bits per heavy atom. The van der Waals surface area contributed by atoms with Crippen LogP contribution in [0.5, 0.6) is 5.75 Å². The number of hydrogen-bond donors (Lipinski definition) is 1. The second kappa shape index (κ2) is 6.87. The highest BCUT2D eigenvalue weighted by molar-refractivity contribution is 7.80. The summed E-state index contributed by atoms with van der Waals surface area (Å²) >= 11 is 5.58. The average Bonchev–Trinajstić information content (AvgIpc) is 2.96. The fourth-order valence-corrected chi connectivity index (χ4v) is 4.03. The second-order valence-corrected chi connectivity index (χ2v) is 6.75. The minimum atomic E-state index is 0.199. The normalized spacial score (nSPS) is 26.5. The van der Waals surface area contributed by atoms with Gasteiger partial charge in [-0.25, -0.2) is 5.01 Å². The highest BCUT2D eigenvalue weighted by Gasteiger charge is 2.43. The Morgan fingerprint density at radius 1 is 1.35 bits per heavy atom. The molecule has 0 saturated heterocycles. The van der Waals surface area contributed by atoms with Crippen LogP contribution in [0.2, 0.25) is 0 Å². The quantitative estimate of drug-likeness (QED) is 0.856. The molecule has 1 unspecified atom stereocenters. The van der Waals surface area contributed by atoms with Gasteiger partial charge >= 0.3 is 0 Å². The third kappa shape index (κ3) is 3.07. The van der Waals surface area contributed by atoms with Crippen molar-refractivity contribution in [2.45, 2.75) is 39.2 Å². The lowest BCUT2D eigenvalue weighted by molar-refractivity contribution is 0.293. The van der Waals surface area contributed by atoms with E-state index in [-0.39, 0.29) is 6.04 Å².